The molecule has 472 valence electrons. The van der Waals surface area contributed by atoms with Crippen LogP contribution in [0.5, 0.6) is 0 Å². The fourth-order valence-corrected chi connectivity index (χ4v) is 13.8. The van der Waals surface area contributed by atoms with Crippen LogP contribution in [0.1, 0.15) is 122 Å². The van der Waals surface area contributed by atoms with Gasteiger partial charge < -0.3 is 40.5 Å². The van der Waals surface area contributed by atoms with Crippen LogP contribution in [-0.2, 0) is 34.9 Å². The maximum Gasteiger partial charge on any atom is 0.416 e. The van der Waals surface area contributed by atoms with E-state index in [9.17, 15) is 45.5 Å². The normalized spacial score (nSPS) is 15.8. The summed E-state index contributed by atoms with van der Waals surface area (Å²) in [5, 5.41) is 11.1. The molecule has 0 radical (unpaired) electrons. The molecule has 2 atom stereocenters. The highest BCUT2D eigenvalue weighted by Crippen LogP contribution is 2.37. The molecule has 0 saturated carbocycles. The molecule has 4 amide bonds. The van der Waals surface area contributed by atoms with Crippen molar-refractivity contribution in [1.82, 2.24) is 41.2 Å². The molecular formula is C64H80F6N10O6Si2. The molecule has 24 heteroatoms. The lowest BCUT2D eigenvalue weighted by atomic mass is 9.95. The van der Waals surface area contributed by atoms with Crippen molar-refractivity contribution in [1.29, 1.82) is 0 Å². The van der Waals surface area contributed by atoms with Crippen molar-refractivity contribution < 1.29 is 55.0 Å². The molecule has 2 aromatic heterocycles. The van der Waals surface area contributed by atoms with Crippen molar-refractivity contribution in [3.63, 3.8) is 0 Å². The van der Waals surface area contributed by atoms with E-state index in [4.69, 9.17) is 9.47 Å². The van der Waals surface area contributed by atoms with Crippen molar-refractivity contribution in [2.75, 3.05) is 36.0 Å². The lowest BCUT2D eigenvalue weighted by Crippen LogP contribution is -2.43. The Hall–Kier alpha value is -7.87. The van der Waals surface area contributed by atoms with E-state index in [1.807, 2.05) is 13.8 Å². The zero-order valence-electron chi connectivity index (χ0n) is 52.0. The molecule has 0 unspecified atom stereocenters. The predicted octanol–water partition coefficient (Wildman–Crippen LogP) is 14.4. The molecular weight excluding hydrogens is 1170 g/mol. The Morgan fingerprint density at radius 2 is 0.841 bits per heavy atom. The highest BCUT2D eigenvalue weighted by molar-refractivity contribution is 6.78. The van der Waals surface area contributed by atoms with Crippen molar-refractivity contribution in [3.8, 4) is 22.3 Å². The molecule has 88 heavy (non-hydrogen) atoms. The van der Waals surface area contributed by atoms with Crippen molar-refractivity contribution in [2.45, 2.75) is 154 Å². The predicted molar refractivity (Wildman–Crippen MR) is 334 cm³/mol. The summed E-state index contributed by atoms with van der Waals surface area (Å²) in [6.07, 6.45) is -7.20. The number of carbonyl (C=O) groups is 4. The number of hydrogen-bond acceptors (Lipinski definition) is 12. The smallest absolute Gasteiger partial charge is 0.416 e. The maximum atomic E-state index is 13.6. The second kappa shape index (κ2) is 27.7. The summed E-state index contributed by atoms with van der Waals surface area (Å²) in [5.41, 5.74) is 1.78. The lowest BCUT2D eigenvalue weighted by molar-refractivity contribution is -0.138. The summed E-state index contributed by atoms with van der Waals surface area (Å²) in [6.45, 7) is 27.0. The van der Waals surface area contributed by atoms with Crippen LogP contribution in [0.3, 0.4) is 0 Å². The fraction of sp³-hybridized carbons (Fsp3) is 0.438. The maximum absolute atomic E-state index is 13.6. The van der Waals surface area contributed by atoms with Gasteiger partial charge in [-0.05, 0) is 160 Å². The summed E-state index contributed by atoms with van der Waals surface area (Å²) in [4.78, 5) is 72.6. The number of ether oxygens (including phenoxy) is 2. The monoisotopic (exact) mass is 1250 g/mol. The van der Waals surface area contributed by atoms with E-state index in [1.54, 1.807) is 115 Å². The minimum Gasteiger partial charge on any atom is -0.444 e. The molecule has 4 N–H and O–H groups in total. The van der Waals surface area contributed by atoms with Crippen molar-refractivity contribution >= 4 is 52.0 Å². The third-order valence-corrected chi connectivity index (χ3v) is 21.5. The van der Waals surface area contributed by atoms with E-state index in [-0.39, 0.29) is 36.3 Å². The van der Waals surface area contributed by atoms with Gasteiger partial charge in [-0.15, -0.1) is 0 Å². The van der Waals surface area contributed by atoms with Gasteiger partial charge in [0.05, 0.1) is 39.4 Å². The average molecular weight is 1260 g/mol. The third-order valence-electron chi connectivity index (χ3n) is 15.2. The number of hydrogen-bond donors (Lipinski definition) is 4. The molecule has 0 spiro atoms. The number of alkyl halides is 6. The number of rotatable bonds is 14. The molecule has 2 aliphatic rings. The summed E-state index contributed by atoms with van der Waals surface area (Å²) in [6, 6.07) is 27.7. The van der Waals surface area contributed by atoms with Gasteiger partial charge in [0.25, 0.3) is 11.8 Å². The number of anilines is 2. The van der Waals surface area contributed by atoms with Gasteiger partial charge in [0.1, 0.15) is 22.6 Å². The van der Waals surface area contributed by atoms with Crippen LogP contribution in [0.15, 0.2) is 109 Å². The second-order valence-electron chi connectivity index (χ2n) is 25.9. The number of amides is 4. The van der Waals surface area contributed by atoms with Crippen LogP contribution < -0.4 is 31.1 Å². The molecule has 4 heterocycles. The standard InChI is InChI=1S/2C32H40F3N5O3Si/c2*1-21(38-28(41)27-13-14-36-29(39-27)40-15-17-44(5,6)18-16-40)22-7-9-23(10-8-22)26-19-25(32(33,34)35)12-11-24(26)20-37-30(42)43-31(2,3)4/h2*7-14,19,21H,15-18,20H2,1-6H3,(H,37,42)(H,38,41)/t2*21-/m11/s1. The van der Waals surface area contributed by atoms with Crippen LogP contribution in [0.25, 0.3) is 22.3 Å². The Labute approximate surface area is 513 Å². The number of aromatic nitrogens is 4. The first-order chi connectivity index (χ1) is 41.0. The molecule has 16 nitrogen and oxygen atoms in total. The molecule has 2 aliphatic heterocycles. The van der Waals surface area contributed by atoms with Crippen LogP contribution in [0, 0.1) is 0 Å². The van der Waals surface area contributed by atoms with Gasteiger partial charge in [-0.1, -0.05) is 86.9 Å². The van der Waals surface area contributed by atoms with Gasteiger partial charge in [0.2, 0.25) is 11.9 Å². The number of nitrogens with one attached hydrogen (secondary N) is 4. The van der Waals surface area contributed by atoms with E-state index >= 15 is 0 Å². The van der Waals surface area contributed by atoms with E-state index in [2.05, 4.69) is 77.2 Å². The summed E-state index contributed by atoms with van der Waals surface area (Å²) < 4.78 is 91.9. The van der Waals surface area contributed by atoms with Gasteiger partial charge in [-0.2, -0.15) is 26.3 Å². The Bertz CT molecular complexity index is 3180. The molecule has 4 aromatic carbocycles. The highest BCUT2D eigenvalue weighted by atomic mass is 28.3. The van der Waals surface area contributed by atoms with Gasteiger partial charge in [0.15, 0.2) is 0 Å². The van der Waals surface area contributed by atoms with Gasteiger partial charge in [-0.25, -0.2) is 29.5 Å². The zero-order valence-corrected chi connectivity index (χ0v) is 54.0. The summed E-state index contributed by atoms with van der Waals surface area (Å²) >= 11 is 0. The third kappa shape index (κ3) is 19.6. The van der Waals surface area contributed by atoms with Gasteiger partial charge in [-0.3, -0.25) is 9.59 Å². The number of nitrogens with zero attached hydrogens (tertiary/aromatic N) is 6. The van der Waals surface area contributed by atoms with Crippen molar-refractivity contribution in [2.24, 2.45) is 0 Å². The van der Waals surface area contributed by atoms with Crippen LogP contribution in [-0.4, -0.2) is 97.5 Å². The fourth-order valence-electron chi connectivity index (χ4n) is 9.80. The molecule has 2 fully saturated rings. The Balaban J connectivity index is 0.000000251. The largest absolute Gasteiger partial charge is 0.444 e. The van der Waals surface area contributed by atoms with E-state index in [1.165, 1.54) is 12.1 Å². The average Bonchev–Trinajstić information content (AvgIpc) is 1.73. The van der Waals surface area contributed by atoms with Crippen LogP contribution in [0.4, 0.5) is 47.8 Å². The number of carbonyl (C=O) groups excluding carboxylic acids is 4. The molecule has 2 saturated heterocycles. The van der Waals surface area contributed by atoms with E-state index in [0.29, 0.717) is 45.3 Å². The zero-order chi connectivity index (χ0) is 64.6. The van der Waals surface area contributed by atoms with E-state index in [0.717, 1.165) is 85.7 Å². The first-order valence-electron chi connectivity index (χ1n) is 29.3. The SMILES string of the molecule is C[C@@H](NC(=O)c1ccnc(N2CC[Si](C)(C)CC2)n1)c1ccc(-c2cc(C(F)(F)F)ccc2CNC(=O)OC(C)(C)C)cc1.C[C@@H](NC(=O)c1ccnc(N2CC[Si](C)(C)CC2)n1)c1ccc(-c2cc(C(F)(F)F)ccc2CNC(=O)OC(C)(C)C)cc1. The van der Waals surface area contributed by atoms with Gasteiger partial charge in [0, 0.05) is 51.7 Å². The minimum atomic E-state index is -4.53. The summed E-state index contributed by atoms with van der Waals surface area (Å²) in [5.74, 6) is 0.421. The summed E-state index contributed by atoms with van der Waals surface area (Å²) in [7, 11) is -2.33. The minimum absolute atomic E-state index is 0.0192. The van der Waals surface area contributed by atoms with Crippen LogP contribution in [0.2, 0.25) is 50.4 Å². The Morgan fingerprint density at radius 3 is 1.15 bits per heavy atom. The van der Waals surface area contributed by atoms with Crippen molar-refractivity contribution in [3.05, 3.63) is 154 Å². The first kappa shape index (κ1) is 67.6. The first-order valence-corrected chi connectivity index (χ1v) is 36.2. The molecule has 8 rings (SSSR count). The molecule has 0 aliphatic carbocycles. The Morgan fingerprint density at radius 1 is 0.511 bits per heavy atom. The second-order valence-corrected chi connectivity index (χ2v) is 36.5. The number of benzene rings is 4. The van der Waals surface area contributed by atoms with E-state index < -0.39 is 75.1 Å². The number of halogens is 6. The lowest BCUT2D eigenvalue weighted by Gasteiger charge is -2.35. The Kier molecular flexibility index (Phi) is 21.3. The molecule has 6 aromatic rings. The molecule has 0 bridgehead atoms. The van der Waals surface area contributed by atoms with Crippen LogP contribution >= 0.6 is 0 Å². The number of alkyl carbamates (subject to hydrolysis) is 2. The topological polar surface area (TPSA) is 193 Å². The van der Waals surface area contributed by atoms with Gasteiger partial charge >= 0.3 is 24.5 Å². The quantitative estimate of drug-likeness (QED) is 0.0597. The highest BCUT2D eigenvalue weighted by Gasteiger charge is 2.34.